The van der Waals surface area contributed by atoms with Crippen molar-refractivity contribution in [1.29, 1.82) is 0 Å². The molecule has 3 aliphatic rings. The zero-order valence-electron chi connectivity index (χ0n) is 29.2. The molecule has 2 saturated heterocycles. The number of esters is 3. The molecular formula is C34H37N3O17. The van der Waals surface area contributed by atoms with Gasteiger partial charge < -0.3 is 48.7 Å². The van der Waals surface area contributed by atoms with Gasteiger partial charge in [-0.3, -0.25) is 43.8 Å². The van der Waals surface area contributed by atoms with Crippen LogP contribution in [-0.2, 0) is 47.6 Å². The van der Waals surface area contributed by atoms with E-state index >= 15 is 0 Å². The first-order valence-electron chi connectivity index (χ1n) is 16.5. The lowest BCUT2D eigenvalue weighted by atomic mass is 9.93. The van der Waals surface area contributed by atoms with Crippen LogP contribution in [0.25, 0.3) is 0 Å². The Morgan fingerprint density at radius 1 is 0.833 bits per heavy atom. The third kappa shape index (κ3) is 8.47. The summed E-state index contributed by atoms with van der Waals surface area (Å²) in [5.41, 5.74) is -0.331. The van der Waals surface area contributed by atoms with Gasteiger partial charge in [-0.1, -0.05) is 12.1 Å². The van der Waals surface area contributed by atoms with E-state index in [0.29, 0.717) is 4.90 Å². The van der Waals surface area contributed by atoms with Crippen molar-refractivity contribution in [2.24, 2.45) is 0 Å². The summed E-state index contributed by atoms with van der Waals surface area (Å²) in [6.45, 7) is 2.79. The van der Waals surface area contributed by atoms with Gasteiger partial charge in [0, 0.05) is 39.8 Å². The molecule has 54 heavy (non-hydrogen) atoms. The number of aliphatic hydroxyl groups is 2. The van der Waals surface area contributed by atoms with Gasteiger partial charge in [-0.25, -0.2) is 0 Å². The predicted octanol–water partition coefficient (Wildman–Crippen LogP) is -0.242. The predicted molar refractivity (Wildman–Crippen MR) is 175 cm³/mol. The number of hydrogen-bond donors (Lipinski definition) is 3. The molecule has 0 spiro atoms. The first kappa shape index (κ1) is 39.7. The summed E-state index contributed by atoms with van der Waals surface area (Å²) in [5.74, 6) is -5.09. The topological polar surface area (TPSA) is 266 Å². The maximum atomic E-state index is 13.9. The minimum atomic E-state index is -1.92. The Labute approximate surface area is 306 Å². The standard InChI is InChI=1S/C34H37N3O17/c1-15(39)35-25-29(27(43)23(13-38)52-33(25)51-20-11-9-19(10-12-20)37(46)47)54-34-26(36-31(44)21-7-5-6-8-22(21)32(36)45)30(50-18(4)42)28(49-17(3)41)24(53-34)14-48-16(2)40/h5-12,23-30,33-34,38,43H,13-14H2,1-4H3,(H,35,39). The van der Waals surface area contributed by atoms with Crippen LogP contribution in [-0.4, -0.2) is 130 Å². The van der Waals surface area contributed by atoms with Crippen LogP contribution in [0.4, 0.5) is 5.69 Å². The maximum absolute atomic E-state index is 13.9. The number of nitro groups is 1. The zero-order valence-corrected chi connectivity index (χ0v) is 29.2. The highest BCUT2D eigenvalue weighted by Gasteiger charge is 2.59. The summed E-state index contributed by atoms with van der Waals surface area (Å²) < 4.78 is 40.6. The zero-order chi connectivity index (χ0) is 39.4. The Balaban J connectivity index is 1.62. The Hall–Kier alpha value is -5.54. The molecule has 10 atom stereocenters. The number of rotatable bonds is 12. The van der Waals surface area contributed by atoms with Crippen LogP contribution in [0.3, 0.4) is 0 Å². The van der Waals surface area contributed by atoms with Gasteiger partial charge in [0.15, 0.2) is 18.5 Å². The summed E-state index contributed by atoms with van der Waals surface area (Å²) in [6.07, 6.45) is -13.3. The summed E-state index contributed by atoms with van der Waals surface area (Å²) in [6, 6.07) is 7.27. The molecule has 10 unspecified atom stereocenters. The highest BCUT2D eigenvalue weighted by atomic mass is 16.7. The lowest BCUT2D eigenvalue weighted by Crippen LogP contribution is -2.71. The minimum Gasteiger partial charge on any atom is -0.463 e. The van der Waals surface area contributed by atoms with E-state index < -0.39 is 115 Å². The first-order valence-corrected chi connectivity index (χ1v) is 16.5. The van der Waals surface area contributed by atoms with E-state index in [9.17, 15) is 49.1 Å². The van der Waals surface area contributed by atoms with Crippen molar-refractivity contribution in [1.82, 2.24) is 10.2 Å². The van der Waals surface area contributed by atoms with Crippen molar-refractivity contribution < 1.29 is 77.1 Å². The summed E-state index contributed by atoms with van der Waals surface area (Å²) in [7, 11) is 0. The average molecular weight is 760 g/mol. The number of hydrogen-bond acceptors (Lipinski definition) is 17. The molecule has 0 aliphatic carbocycles. The quantitative estimate of drug-likeness (QED) is 0.0828. The second kappa shape index (κ2) is 16.6. The lowest BCUT2D eigenvalue weighted by molar-refractivity contribution is -0.384. The van der Waals surface area contributed by atoms with Gasteiger partial charge in [0.25, 0.3) is 17.5 Å². The van der Waals surface area contributed by atoms with E-state index in [1.54, 1.807) is 0 Å². The minimum absolute atomic E-state index is 0.00573. The summed E-state index contributed by atoms with van der Waals surface area (Å²) in [4.78, 5) is 88.6. The second-order valence-electron chi connectivity index (χ2n) is 12.4. The van der Waals surface area contributed by atoms with Crippen LogP contribution in [0.1, 0.15) is 48.4 Å². The van der Waals surface area contributed by atoms with Crippen LogP contribution < -0.4 is 10.1 Å². The number of amides is 3. The number of aliphatic hydroxyl groups excluding tert-OH is 2. The number of carbonyl (C=O) groups excluding carboxylic acids is 6. The molecule has 5 rings (SSSR count). The molecule has 2 fully saturated rings. The highest BCUT2D eigenvalue weighted by molar-refractivity contribution is 6.21. The van der Waals surface area contributed by atoms with Crippen molar-refractivity contribution in [3.8, 4) is 5.75 Å². The number of carbonyl (C=O) groups is 6. The Kier molecular flexibility index (Phi) is 12.2. The fourth-order valence-electron chi connectivity index (χ4n) is 6.40. The monoisotopic (exact) mass is 759 g/mol. The average Bonchev–Trinajstić information content (AvgIpc) is 3.36. The molecule has 3 amide bonds. The second-order valence-corrected chi connectivity index (χ2v) is 12.4. The number of nitrogens with zero attached hydrogens (tertiary/aromatic N) is 2. The lowest BCUT2D eigenvalue weighted by Gasteiger charge is -2.50. The van der Waals surface area contributed by atoms with E-state index in [4.69, 9.17) is 33.2 Å². The summed E-state index contributed by atoms with van der Waals surface area (Å²) in [5, 5.41) is 35.5. The van der Waals surface area contributed by atoms with Crippen LogP contribution in [0.2, 0.25) is 0 Å². The third-order valence-corrected chi connectivity index (χ3v) is 8.61. The largest absolute Gasteiger partial charge is 0.463 e. The van der Waals surface area contributed by atoms with Gasteiger partial charge in [0.1, 0.15) is 48.9 Å². The fraction of sp³-hybridized carbons (Fsp3) is 0.471. The smallest absolute Gasteiger partial charge is 0.303 e. The van der Waals surface area contributed by atoms with Crippen molar-refractivity contribution in [3.63, 3.8) is 0 Å². The molecule has 2 aromatic carbocycles. The first-order chi connectivity index (χ1) is 25.6. The third-order valence-electron chi connectivity index (χ3n) is 8.61. The molecule has 3 aliphatic heterocycles. The van der Waals surface area contributed by atoms with Gasteiger partial charge in [-0.05, 0) is 24.3 Å². The van der Waals surface area contributed by atoms with Gasteiger partial charge >= 0.3 is 17.9 Å². The van der Waals surface area contributed by atoms with Crippen molar-refractivity contribution >= 4 is 41.3 Å². The number of non-ortho nitro benzene ring substituents is 1. The molecular weight excluding hydrogens is 722 g/mol. The van der Waals surface area contributed by atoms with Gasteiger partial charge in [-0.15, -0.1) is 0 Å². The van der Waals surface area contributed by atoms with E-state index in [1.165, 1.54) is 36.4 Å². The van der Waals surface area contributed by atoms with Gasteiger partial charge in [0.2, 0.25) is 12.2 Å². The Morgan fingerprint density at radius 2 is 1.41 bits per heavy atom. The van der Waals surface area contributed by atoms with Crippen molar-refractivity contribution in [2.45, 2.75) is 89.0 Å². The van der Waals surface area contributed by atoms with Crippen molar-refractivity contribution in [2.75, 3.05) is 13.2 Å². The number of nitrogens with one attached hydrogen (secondary N) is 1. The number of fused-ring (bicyclic) bond motifs is 1. The van der Waals surface area contributed by atoms with E-state index in [1.807, 2.05) is 0 Å². The van der Waals surface area contributed by atoms with Gasteiger partial charge in [-0.2, -0.15) is 0 Å². The molecule has 20 nitrogen and oxygen atoms in total. The molecule has 3 heterocycles. The number of benzene rings is 2. The van der Waals surface area contributed by atoms with E-state index in [2.05, 4.69) is 5.32 Å². The molecule has 290 valence electrons. The van der Waals surface area contributed by atoms with E-state index in [0.717, 1.165) is 39.8 Å². The SMILES string of the molecule is CC(=O)NC1C(Oc2ccc([N+](=O)[O-])cc2)OC(CO)C(O)C1OC1OC(COC(C)=O)C(OC(C)=O)C(OC(C)=O)C1N1C(=O)c2ccccc2C1=O. The molecule has 0 aromatic heterocycles. The molecule has 3 N–H and O–H groups in total. The normalized spacial score (nSPS) is 29.1. The maximum Gasteiger partial charge on any atom is 0.303 e. The highest BCUT2D eigenvalue weighted by Crippen LogP contribution is 2.38. The van der Waals surface area contributed by atoms with Crippen LogP contribution >= 0.6 is 0 Å². The van der Waals surface area contributed by atoms with Crippen LogP contribution in [0.15, 0.2) is 48.5 Å². The van der Waals surface area contributed by atoms with Crippen LogP contribution in [0.5, 0.6) is 5.75 Å². The molecule has 2 aromatic rings. The van der Waals surface area contributed by atoms with Crippen LogP contribution in [0, 0.1) is 10.1 Å². The number of imide groups is 1. The summed E-state index contributed by atoms with van der Waals surface area (Å²) >= 11 is 0. The molecule has 0 saturated carbocycles. The molecule has 0 bridgehead atoms. The Morgan fingerprint density at radius 3 is 1.93 bits per heavy atom. The van der Waals surface area contributed by atoms with Crippen molar-refractivity contribution in [3.05, 3.63) is 69.8 Å². The molecule has 20 heteroatoms. The Bertz CT molecular complexity index is 1750. The number of ether oxygens (including phenoxy) is 7. The van der Waals surface area contributed by atoms with E-state index in [-0.39, 0.29) is 22.6 Å². The fourth-order valence-corrected chi connectivity index (χ4v) is 6.40. The van der Waals surface area contributed by atoms with Gasteiger partial charge in [0.05, 0.1) is 22.7 Å². The number of nitro benzene ring substituents is 1. The molecule has 0 radical (unpaired) electrons.